The van der Waals surface area contributed by atoms with Gasteiger partial charge in [-0.05, 0) is 81.6 Å². The summed E-state index contributed by atoms with van der Waals surface area (Å²) in [5, 5.41) is 12.0. The van der Waals surface area contributed by atoms with Crippen molar-refractivity contribution in [2.75, 3.05) is 59.4 Å². The highest BCUT2D eigenvalue weighted by Gasteiger charge is 2.18. The first-order chi connectivity index (χ1) is 21.7. The summed E-state index contributed by atoms with van der Waals surface area (Å²) in [6, 6.07) is 19.1. The van der Waals surface area contributed by atoms with Crippen LogP contribution in [-0.4, -0.2) is 63.7 Å². The lowest BCUT2D eigenvalue weighted by atomic mass is 10.2. The zero-order valence-corrected chi connectivity index (χ0v) is 25.9. The van der Waals surface area contributed by atoms with Crippen molar-refractivity contribution in [3.63, 3.8) is 0 Å². The zero-order valence-electron chi connectivity index (χ0n) is 25.2. The number of urea groups is 1. The van der Waals surface area contributed by atoms with Crippen LogP contribution in [0.1, 0.15) is 19.9 Å². The third-order valence-corrected chi connectivity index (χ3v) is 7.78. The molecule has 0 saturated carbocycles. The lowest BCUT2D eigenvalue weighted by Gasteiger charge is -2.34. The number of nitrogens with one attached hydrogen (secondary N) is 4. The van der Waals surface area contributed by atoms with E-state index in [1.165, 1.54) is 23.9 Å². The molecule has 2 amide bonds. The number of imidazole rings is 1. The van der Waals surface area contributed by atoms with Gasteiger partial charge in [0.1, 0.15) is 11.3 Å². The Morgan fingerprint density at radius 2 is 1.56 bits per heavy atom. The van der Waals surface area contributed by atoms with Crippen LogP contribution in [0.15, 0.2) is 72.9 Å². The Hall–Kier alpha value is -4.94. The highest BCUT2D eigenvalue weighted by molar-refractivity contribution is 6.31. The van der Waals surface area contributed by atoms with Gasteiger partial charge in [0.25, 0.3) is 0 Å². The summed E-state index contributed by atoms with van der Waals surface area (Å²) in [7, 11) is 2.15. The van der Waals surface area contributed by atoms with Gasteiger partial charge in [0.05, 0.1) is 11.2 Å². The number of anilines is 7. The number of hydrogen-bond acceptors (Lipinski definition) is 8. The molecule has 5 aromatic rings. The van der Waals surface area contributed by atoms with E-state index in [0.29, 0.717) is 40.1 Å². The fourth-order valence-corrected chi connectivity index (χ4v) is 5.33. The SMILES string of the molecule is CC(C)n1c(Nc2cccc(NC(=O)Nc3ccc(F)c(Cl)c3)c2)nc2cnc(Nc3ccc(N4CCN(C)CC4)cc3)nc21. The number of halogens is 2. The van der Waals surface area contributed by atoms with Crippen molar-refractivity contribution in [2.24, 2.45) is 0 Å². The summed E-state index contributed by atoms with van der Waals surface area (Å²) in [5.41, 5.74) is 5.06. The van der Waals surface area contributed by atoms with Crippen molar-refractivity contribution in [2.45, 2.75) is 19.9 Å². The largest absolute Gasteiger partial charge is 0.369 e. The first kappa shape index (κ1) is 30.1. The molecule has 0 spiro atoms. The van der Waals surface area contributed by atoms with E-state index in [1.807, 2.05) is 28.8 Å². The van der Waals surface area contributed by atoms with Gasteiger partial charge in [-0.15, -0.1) is 0 Å². The van der Waals surface area contributed by atoms with Gasteiger partial charge in [-0.1, -0.05) is 17.7 Å². The maximum absolute atomic E-state index is 13.4. The molecule has 1 aliphatic rings. The van der Waals surface area contributed by atoms with Gasteiger partial charge in [-0.2, -0.15) is 4.98 Å². The van der Waals surface area contributed by atoms with Gasteiger partial charge in [-0.3, -0.25) is 4.57 Å². The van der Waals surface area contributed by atoms with Crippen LogP contribution in [0, 0.1) is 5.82 Å². The molecule has 3 aromatic carbocycles. The van der Waals surface area contributed by atoms with E-state index in [2.05, 4.69) is 69.1 Å². The van der Waals surface area contributed by atoms with Gasteiger partial charge < -0.3 is 31.1 Å². The molecule has 0 bridgehead atoms. The third-order valence-electron chi connectivity index (χ3n) is 7.50. The Balaban J connectivity index is 1.16. The quantitative estimate of drug-likeness (QED) is 0.144. The van der Waals surface area contributed by atoms with Crippen molar-refractivity contribution in [3.8, 4) is 0 Å². The topological polar surface area (TPSA) is 115 Å². The molecule has 1 aliphatic heterocycles. The molecule has 232 valence electrons. The summed E-state index contributed by atoms with van der Waals surface area (Å²) in [6.45, 7) is 8.26. The number of nitrogens with zero attached hydrogens (tertiary/aromatic N) is 6. The molecule has 6 rings (SSSR count). The number of rotatable bonds is 8. The van der Waals surface area contributed by atoms with Crippen molar-refractivity contribution >= 4 is 69.1 Å². The lowest BCUT2D eigenvalue weighted by Crippen LogP contribution is -2.44. The van der Waals surface area contributed by atoms with Gasteiger partial charge in [0.2, 0.25) is 11.9 Å². The predicted molar refractivity (Wildman–Crippen MR) is 179 cm³/mol. The number of piperazine rings is 1. The average Bonchev–Trinajstić information content (AvgIpc) is 3.37. The smallest absolute Gasteiger partial charge is 0.323 e. The number of aromatic nitrogens is 4. The normalized spacial score (nSPS) is 13.7. The van der Waals surface area contributed by atoms with Crippen LogP contribution in [0.4, 0.5) is 49.5 Å². The molecule has 0 aliphatic carbocycles. The molecular formula is C32H34ClFN10O. The van der Waals surface area contributed by atoms with Crippen LogP contribution in [0.2, 0.25) is 5.02 Å². The van der Waals surface area contributed by atoms with Crippen molar-refractivity contribution in [1.82, 2.24) is 24.4 Å². The van der Waals surface area contributed by atoms with Crippen LogP contribution >= 0.6 is 11.6 Å². The highest BCUT2D eigenvalue weighted by atomic mass is 35.5. The Labute approximate surface area is 265 Å². The molecule has 1 saturated heterocycles. The summed E-state index contributed by atoms with van der Waals surface area (Å²) in [4.78, 5) is 31.4. The van der Waals surface area contributed by atoms with Crippen molar-refractivity contribution in [1.29, 1.82) is 0 Å². The van der Waals surface area contributed by atoms with E-state index in [-0.39, 0.29) is 11.1 Å². The maximum Gasteiger partial charge on any atom is 0.323 e. The van der Waals surface area contributed by atoms with Crippen molar-refractivity contribution < 1.29 is 9.18 Å². The van der Waals surface area contributed by atoms with Crippen LogP contribution in [-0.2, 0) is 0 Å². The summed E-state index contributed by atoms with van der Waals surface area (Å²) in [5.74, 6) is 0.507. The zero-order chi connectivity index (χ0) is 31.5. The molecule has 1 fully saturated rings. The predicted octanol–water partition coefficient (Wildman–Crippen LogP) is 7.08. The molecule has 0 unspecified atom stereocenters. The third kappa shape index (κ3) is 7.08. The Bertz CT molecular complexity index is 1820. The number of amides is 2. The van der Waals surface area contributed by atoms with Crippen molar-refractivity contribution in [3.05, 3.63) is 83.8 Å². The molecule has 11 nitrogen and oxygen atoms in total. The van der Waals surface area contributed by atoms with Gasteiger partial charge >= 0.3 is 6.03 Å². The van der Waals surface area contributed by atoms with E-state index >= 15 is 0 Å². The van der Waals surface area contributed by atoms with E-state index in [1.54, 1.807) is 18.3 Å². The minimum absolute atomic E-state index is 0.0396. The van der Waals surface area contributed by atoms with E-state index in [4.69, 9.17) is 21.6 Å². The minimum atomic E-state index is -0.557. The van der Waals surface area contributed by atoms with Gasteiger partial charge in [0, 0.05) is 60.7 Å². The standard InChI is InChI=1S/C32H34ClFN10O/c1-20(2)44-29-28(19-35-30(41-29)36-21-7-10-25(11-8-21)43-15-13-42(3)14-16-43)40-31(44)37-22-5-4-6-23(17-22)38-32(45)39-24-9-12-27(34)26(33)18-24/h4-12,17-20H,13-16H2,1-3H3,(H,37,40)(H,35,36,41)(H2,38,39,45). The second-order valence-electron chi connectivity index (χ2n) is 11.2. The monoisotopic (exact) mass is 628 g/mol. The van der Waals surface area contributed by atoms with Crippen LogP contribution in [0.5, 0.6) is 0 Å². The van der Waals surface area contributed by atoms with Crippen LogP contribution in [0.3, 0.4) is 0 Å². The molecule has 45 heavy (non-hydrogen) atoms. The molecule has 4 N–H and O–H groups in total. The van der Waals surface area contributed by atoms with E-state index < -0.39 is 11.8 Å². The second kappa shape index (κ2) is 13.0. The summed E-state index contributed by atoms with van der Waals surface area (Å²) < 4.78 is 15.5. The molecule has 2 aromatic heterocycles. The Morgan fingerprint density at radius 1 is 0.867 bits per heavy atom. The highest BCUT2D eigenvalue weighted by Crippen LogP contribution is 2.28. The number of hydrogen-bond donors (Lipinski definition) is 4. The lowest BCUT2D eigenvalue weighted by molar-refractivity contribution is 0.262. The first-order valence-electron chi connectivity index (χ1n) is 14.7. The van der Waals surface area contributed by atoms with E-state index in [9.17, 15) is 9.18 Å². The molecule has 13 heteroatoms. The summed E-state index contributed by atoms with van der Waals surface area (Å²) in [6.07, 6.45) is 1.71. The minimum Gasteiger partial charge on any atom is -0.369 e. The van der Waals surface area contributed by atoms with Crippen LogP contribution in [0.25, 0.3) is 11.2 Å². The number of fused-ring (bicyclic) bond motifs is 1. The van der Waals surface area contributed by atoms with Crippen LogP contribution < -0.4 is 26.2 Å². The van der Waals surface area contributed by atoms with Gasteiger partial charge in [-0.25, -0.2) is 19.2 Å². The average molecular weight is 629 g/mol. The Morgan fingerprint density at radius 3 is 2.27 bits per heavy atom. The number of carbonyl (C=O) groups is 1. The number of likely N-dealkylation sites (N-methyl/N-ethyl adjacent to an activating group) is 1. The fraction of sp³-hybridized carbons (Fsp3) is 0.250. The fourth-order valence-electron chi connectivity index (χ4n) is 5.15. The molecule has 0 atom stereocenters. The first-order valence-corrected chi connectivity index (χ1v) is 15.1. The van der Waals surface area contributed by atoms with Gasteiger partial charge in [0.15, 0.2) is 5.65 Å². The Kier molecular flexibility index (Phi) is 8.67. The summed E-state index contributed by atoms with van der Waals surface area (Å²) >= 11 is 5.82. The molecular weight excluding hydrogens is 595 g/mol. The molecule has 0 radical (unpaired) electrons. The maximum atomic E-state index is 13.4. The number of benzene rings is 3. The molecule has 3 heterocycles. The second-order valence-corrected chi connectivity index (χ2v) is 11.6. The van der Waals surface area contributed by atoms with E-state index in [0.717, 1.165) is 31.9 Å². The number of carbonyl (C=O) groups excluding carboxylic acids is 1.